The summed E-state index contributed by atoms with van der Waals surface area (Å²) in [7, 11) is 0. The van der Waals surface area contributed by atoms with Crippen LogP contribution in [0.4, 0.5) is 4.79 Å². The summed E-state index contributed by atoms with van der Waals surface area (Å²) in [6, 6.07) is 18.4. The van der Waals surface area contributed by atoms with Crippen molar-refractivity contribution in [3.05, 3.63) is 82.3 Å². The second-order valence-electron chi connectivity index (χ2n) is 9.34. The number of amides is 1. The Bertz CT molecular complexity index is 1120. The number of carboxylic acid groups (broad SMARTS) is 2. The zero-order chi connectivity index (χ0) is 27.7. The lowest BCUT2D eigenvalue weighted by atomic mass is 10.00. The van der Waals surface area contributed by atoms with Gasteiger partial charge in [0.05, 0.1) is 19.2 Å². The van der Waals surface area contributed by atoms with E-state index in [0.717, 1.165) is 22.0 Å². The number of quaternary nitrogens is 1. The van der Waals surface area contributed by atoms with Crippen LogP contribution in [0.3, 0.4) is 0 Å². The van der Waals surface area contributed by atoms with Gasteiger partial charge in [-0.25, -0.2) is 9.59 Å². The molecule has 2 heterocycles. The molecule has 4 rings (SSSR count). The average Bonchev–Trinajstić information content (AvgIpc) is 3.22. The highest BCUT2D eigenvalue weighted by Gasteiger charge is 2.59. The summed E-state index contributed by atoms with van der Waals surface area (Å²) in [5.41, 5.74) is 2.31. The van der Waals surface area contributed by atoms with Crippen molar-refractivity contribution in [2.75, 3.05) is 19.6 Å². The summed E-state index contributed by atoms with van der Waals surface area (Å²) in [5, 5.41) is 27.9. The van der Waals surface area contributed by atoms with E-state index in [1.54, 1.807) is 0 Å². The fourth-order valence-electron chi connectivity index (χ4n) is 5.17. The molecule has 2 fully saturated rings. The van der Waals surface area contributed by atoms with E-state index in [4.69, 9.17) is 14.9 Å². The number of piperidine rings is 1. The van der Waals surface area contributed by atoms with Crippen LogP contribution in [-0.2, 0) is 20.7 Å². The number of aliphatic hydroxyl groups excluding tert-OH is 1. The number of benzene rings is 2. The smallest absolute Gasteiger partial charge is 0.478 e. The monoisotopic (exact) mass is 589 g/mol. The average molecular weight is 590 g/mol. The topological polar surface area (TPSA) is 124 Å². The Kier molecular flexibility index (Phi) is 10.6. The lowest BCUT2D eigenvalue weighted by Gasteiger charge is -2.45. The molecule has 10 heteroatoms. The molecule has 0 bridgehead atoms. The summed E-state index contributed by atoms with van der Waals surface area (Å²) in [6.45, 7) is 4.15. The van der Waals surface area contributed by atoms with E-state index < -0.39 is 11.9 Å². The number of carbonyl (C=O) groups excluding carboxylic acids is 1. The molecule has 3 N–H and O–H groups in total. The predicted octanol–water partition coefficient (Wildman–Crippen LogP) is 4.56. The molecule has 0 aliphatic carbocycles. The van der Waals surface area contributed by atoms with Crippen LogP contribution in [0.15, 0.2) is 71.2 Å². The van der Waals surface area contributed by atoms with Gasteiger partial charge in [0.2, 0.25) is 0 Å². The molecule has 0 aromatic heterocycles. The lowest BCUT2D eigenvalue weighted by molar-refractivity contribution is -0.989. The van der Waals surface area contributed by atoms with Gasteiger partial charge in [-0.1, -0.05) is 71.4 Å². The number of carbonyl (C=O) groups is 3. The summed E-state index contributed by atoms with van der Waals surface area (Å²) >= 11 is 3.63. The fourth-order valence-corrected chi connectivity index (χ4v) is 5.61. The minimum atomic E-state index is -1.26. The van der Waals surface area contributed by atoms with Gasteiger partial charge in [-0.2, -0.15) is 4.79 Å². The lowest BCUT2D eigenvalue weighted by Crippen LogP contribution is -2.64. The molecule has 2 saturated heterocycles. The van der Waals surface area contributed by atoms with Crippen molar-refractivity contribution < 1.29 is 39.0 Å². The number of nitrogens with zero attached hydrogens (tertiary/aromatic N) is 2. The van der Waals surface area contributed by atoms with E-state index in [0.29, 0.717) is 51.0 Å². The Morgan fingerprint density at radius 2 is 1.63 bits per heavy atom. The number of hydrogen-bond acceptors (Lipinski definition) is 6. The third-order valence-corrected chi connectivity index (χ3v) is 7.65. The van der Waals surface area contributed by atoms with Crippen LogP contribution in [0, 0.1) is 0 Å². The van der Waals surface area contributed by atoms with Crippen LogP contribution in [0.1, 0.15) is 43.4 Å². The number of cyclic esters (lactones) is 1. The maximum atomic E-state index is 13.6. The minimum absolute atomic E-state index is 0.00171. The first-order valence-corrected chi connectivity index (χ1v) is 13.4. The van der Waals surface area contributed by atoms with Crippen molar-refractivity contribution in [1.82, 2.24) is 5.01 Å². The van der Waals surface area contributed by atoms with Crippen LogP contribution in [0.25, 0.3) is 0 Å². The van der Waals surface area contributed by atoms with Crippen LogP contribution >= 0.6 is 15.9 Å². The molecule has 2 aromatic carbocycles. The maximum Gasteiger partial charge on any atom is 0.537 e. The van der Waals surface area contributed by atoms with Crippen molar-refractivity contribution in [3.63, 3.8) is 0 Å². The molecule has 38 heavy (non-hydrogen) atoms. The second kappa shape index (κ2) is 13.7. The standard InChI is InChI=1S/C24H30BrN2O3.C4H4O4/c1-2-23(18-8-4-3-5-9-18)27(26-14-12-20(28)13-15-26)17-21(30-24(27)29)16-19-10-6-7-11-22(19)25;5-3(6)1-2-4(7)8/h3-11,20-21,23,28H,2,12-17H2,1H3;1-2H,(H,5,6)(H,7,8)/q+1;/b;2-1+. The molecular formula is C28H34BrN2O7+. The van der Waals surface area contributed by atoms with E-state index in [9.17, 15) is 19.5 Å². The van der Waals surface area contributed by atoms with Crippen molar-refractivity contribution in [2.24, 2.45) is 0 Å². The van der Waals surface area contributed by atoms with Crippen LogP contribution in [-0.4, -0.2) is 74.8 Å². The Balaban J connectivity index is 0.000000436. The SMILES string of the molecule is CCC(c1ccccc1)[N+]1(N2CCC(O)CC2)CC(Cc2ccccc2Br)OC1=O.O=C(O)/C=C/C(=O)O. The Morgan fingerprint density at radius 1 is 1.05 bits per heavy atom. The van der Waals surface area contributed by atoms with Crippen LogP contribution < -0.4 is 0 Å². The summed E-state index contributed by atoms with van der Waals surface area (Å²) in [4.78, 5) is 32.7. The molecule has 9 nitrogen and oxygen atoms in total. The van der Waals surface area contributed by atoms with E-state index in [-0.39, 0.29) is 28.9 Å². The molecule has 2 aliphatic heterocycles. The maximum absolute atomic E-state index is 13.6. The molecular weight excluding hydrogens is 556 g/mol. The predicted molar refractivity (Wildman–Crippen MR) is 144 cm³/mol. The quantitative estimate of drug-likeness (QED) is 0.302. The van der Waals surface area contributed by atoms with Gasteiger partial charge in [0.1, 0.15) is 12.6 Å². The number of ether oxygens (including phenoxy) is 1. The van der Waals surface area contributed by atoms with E-state index in [1.165, 1.54) is 0 Å². The van der Waals surface area contributed by atoms with Gasteiger partial charge in [-0.3, -0.25) is 0 Å². The normalized spacial score (nSPS) is 22.9. The summed E-state index contributed by atoms with van der Waals surface area (Å²) in [6.07, 6.45) is 3.38. The van der Waals surface area contributed by atoms with Gasteiger partial charge >= 0.3 is 18.0 Å². The highest BCUT2D eigenvalue weighted by Crippen LogP contribution is 2.41. The first-order chi connectivity index (χ1) is 18.2. The van der Waals surface area contributed by atoms with Gasteiger partial charge in [0.25, 0.3) is 0 Å². The number of rotatable bonds is 8. The molecule has 1 amide bonds. The highest BCUT2D eigenvalue weighted by molar-refractivity contribution is 9.10. The number of carboxylic acids is 2. The highest BCUT2D eigenvalue weighted by atomic mass is 79.9. The van der Waals surface area contributed by atoms with E-state index in [1.807, 2.05) is 36.4 Å². The molecule has 3 unspecified atom stereocenters. The first kappa shape index (κ1) is 29.5. The zero-order valence-corrected chi connectivity index (χ0v) is 22.9. The second-order valence-corrected chi connectivity index (χ2v) is 10.2. The van der Waals surface area contributed by atoms with Gasteiger partial charge in [-0.05, 0) is 24.5 Å². The Morgan fingerprint density at radius 3 is 2.18 bits per heavy atom. The van der Waals surface area contributed by atoms with Crippen molar-refractivity contribution >= 4 is 34.0 Å². The molecule has 3 atom stereocenters. The largest absolute Gasteiger partial charge is 0.537 e. The first-order valence-electron chi connectivity index (χ1n) is 12.6. The fraction of sp³-hybridized carbons (Fsp3) is 0.393. The molecule has 0 saturated carbocycles. The third-order valence-electron chi connectivity index (χ3n) is 6.87. The van der Waals surface area contributed by atoms with Gasteiger partial charge in [-0.15, -0.1) is 9.60 Å². The van der Waals surface area contributed by atoms with E-state index >= 15 is 0 Å². The van der Waals surface area contributed by atoms with Crippen molar-refractivity contribution in [3.8, 4) is 0 Å². The number of aliphatic carboxylic acids is 2. The minimum Gasteiger partial charge on any atom is -0.478 e. The summed E-state index contributed by atoms with van der Waals surface area (Å²) in [5.74, 6) is -2.51. The number of hydrogen-bond donors (Lipinski definition) is 3. The van der Waals surface area contributed by atoms with Crippen LogP contribution in [0.2, 0.25) is 0 Å². The van der Waals surface area contributed by atoms with Crippen LogP contribution in [0.5, 0.6) is 0 Å². The Hall–Kier alpha value is -3.05. The molecule has 0 spiro atoms. The summed E-state index contributed by atoms with van der Waals surface area (Å²) < 4.78 is 7.27. The third kappa shape index (κ3) is 7.28. The Labute approximate surface area is 230 Å². The van der Waals surface area contributed by atoms with Gasteiger partial charge in [0.15, 0.2) is 6.10 Å². The van der Waals surface area contributed by atoms with Crippen molar-refractivity contribution in [2.45, 2.75) is 50.9 Å². The number of halogens is 1. The van der Waals surface area contributed by atoms with E-state index in [2.05, 4.69) is 46.1 Å². The zero-order valence-electron chi connectivity index (χ0n) is 21.3. The van der Waals surface area contributed by atoms with Gasteiger partial charge < -0.3 is 20.1 Å². The van der Waals surface area contributed by atoms with Gasteiger partial charge in [0, 0.05) is 35.0 Å². The molecule has 0 radical (unpaired) electrons. The number of aliphatic hydroxyl groups is 1. The van der Waals surface area contributed by atoms with Crippen molar-refractivity contribution in [1.29, 1.82) is 0 Å². The molecule has 204 valence electrons. The molecule has 2 aliphatic rings. The molecule has 2 aromatic rings.